The van der Waals surface area contributed by atoms with Crippen molar-refractivity contribution in [2.75, 3.05) is 19.0 Å². The highest BCUT2D eigenvalue weighted by atomic mass is 28.4. The number of ether oxygens (including phenoxy) is 3. The Morgan fingerprint density at radius 1 is 0.980 bits per heavy atom. The average molecular weight is 714 g/mol. The van der Waals surface area contributed by atoms with Crippen LogP contribution in [-0.4, -0.2) is 65.9 Å². The lowest BCUT2D eigenvalue weighted by molar-refractivity contribution is -0.147. The van der Waals surface area contributed by atoms with E-state index in [4.69, 9.17) is 23.6 Å². The molecular weight excluding hydrogens is 670 g/mol. The second-order valence-electron chi connectivity index (χ2n) is 14.2. The third-order valence-electron chi connectivity index (χ3n) is 9.90. The van der Waals surface area contributed by atoms with Gasteiger partial charge in [0.2, 0.25) is 5.95 Å². The predicted octanol–water partition coefficient (Wildman–Crippen LogP) is 6.72. The Kier molecular flexibility index (Phi) is 9.90. The van der Waals surface area contributed by atoms with Crippen LogP contribution in [0, 0.1) is 0 Å². The van der Waals surface area contributed by atoms with Crippen molar-refractivity contribution in [2.24, 2.45) is 0 Å². The van der Waals surface area contributed by atoms with E-state index >= 15 is 4.39 Å². The fourth-order valence-corrected chi connectivity index (χ4v) is 7.51. The molecule has 2 aromatic heterocycles. The van der Waals surface area contributed by atoms with E-state index in [1.807, 2.05) is 98.0 Å². The largest absolute Gasteiger partial charge is 0.497 e. The highest BCUT2D eigenvalue weighted by Crippen LogP contribution is 2.43. The van der Waals surface area contributed by atoms with Crippen LogP contribution in [0.3, 0.4) is 0 Å². The monoisotopic (exact) mass is 713 g/mol. The van der Waals surface area contributed by atoms with Crippen molar-refractivity contribution in [3.05, 3.63) is 118 Å². The molecule has 2 N–H and O–H groups in total. The molecule has 1 aliphatic heterocycles. The first-order valence-corrected chi connectivity index (χ1v) is 19.8. The minimum atomic E-state index is -2.50. The fourth-order valence-electron chi connectivity index (χ4n) is 6.19. The number of alkyl halides is 1. The van der Waals surface area contributed by atoms with Crippen molar-refractivity contribution in [3.63, 3.8) is 0 Å². The van der Waals surface area contributed by atoms with Gasteiger partial charge in [0.05, 0.1) is 13.4 Å². The van der Waals surface area contributed by atoms with Gasteiger partial charge in [0.15, 0.2) is 31.9 Å². The third kappa shape index (κ3) is 6.93. The molecule has 0 amide bonds. The number of benzene rings is 3. The van der Waals surface area contributed by atoms with Crippen LogP contribution in [0.1, 0.15) is 50.6 Å². The summed E-state index contributed by atoms with van der Waals surface area (Å²) in [7, 11) is -0.890. The van der Waals surface area contributed by atoms with Crippen molar-refractivity contribution < 1.29 is 27.8 Å². The van der Waals surface area contributed by atoms with Crippen molar-refractivity contribution in [1.29, 1.82) is 0 Å². The zero-order valence-corrected chi connectivity index (χ0v) is 30.8. The number of nitrogens with zero attached hydrogens (tertiary/aromatic N) is 3. The number of aromatic amines is 1. The van der Waals surface area contributed by atoms with Gasteiger partial charge in [-0.2, -0.15) is 4.98 Å². The summed E-state index contributed by atoms with van der Waals surface area (Å²) in [6.45, 7) is 11.3. The van der Waals surface area contributed by atoms with Crippen LogP contribution < -0.4 is 15.6 Å². The van der Waals surface area contributed by atoms with Gasteiger partial charge in [-0.05, 0) is 47.0 Å². The summed E-state index contributed by atoms with van der Waals surface area (Å²) in [5.41, 5.74) is 1.14. The van der Waals surface area contributed by atoms with Gasteiger partial charge in [-0.25, -0.2) is 9.37 Å². The number of fused-ring (bicyclic) bond motifs is 1. The van der Waals surface area contributed by atoms with Crippen LogP contribution >= 0.6 is 0 Å². The molecule has 0 spiro atoms. The maximum atomic E-state index is 16.7. The average Bonchev–Trinajstić information content (AvgIpc) is 3.66. The molecule has 5 aromatic rings. The van der Waals surface area contributed by atoms with Gasteiger partial charge in [0.25, 0.3) is 5.56 Å². The molecule has 0 bridgehead atoms. The second-order valence-corrected chi connectivity index (χ2v) is 19.0. The summed E-state index contributed by atoms with van der Waals surface area (Å²) in [6.07, 6.45) is -3.55. The zero-order valence-electron chi connectivity index (χ0n) is 29.8. The number of carbonyl (C=O) groups is 1. The van der Waals surface area contributed by atoms with Gasteiger partial charge in [0, 0.05) is 6.92 Å². The van der Waals surface area contributed by atoms with E-state index in [1.165, 1.54) is 17.8 Å². The van der Waals surface area contributed by atoms with Crippen LogP contribution in [0.25, 0.3) is 11.2 Å². The Labute approximate surface area is 297 Å². The number of aromatic nitrogens is 4. The number of methoxy groups -OCH3 is 1. The van der Waals surface area contributed by atoms with Crippen LogP contribution in [0.2, 0.25) is 18.1 Å². The van der Waals surface area contributed by atoms with E-state index in [9.17, 15) is 9.59 Å². The number of esters is 1. The van der Waals surface area contributed by atoms with Crippen molar-refractivity contribution in [1.82, 2.24) is 19.5 Å². The number of nitrogens with one attached hydrogen (secondary N) is 2. The van der Waals surface area contributed by atoms with Gasteiger partial charge < -0.3 is 24.0 Å². The summed E-state index contributed by atoms with van der Waals surface area (Å²) in [5, 5.41) is 3.35. The summed E-state index contributed by atoms with van der Waals surface area (Å²) < 4.78 is 41.6. The second kappa shape index (κ2) is 14.0. The van der Waals surface area contributed by atoms with Crippen LogP contribution in [0.5, 0.6) is 5.75 Å². The van der Waals surface area contributed by atoms with Gasteiger partial charge in [-0.3, -0.25) is 19.1 Å². The molecule has 51 heavy (non-hydrogen) atoms. The summed E-state index contributed by atoms with van der Waals surface area (Å²) in [4.78, 5) is 37.5. The molecule has 1 saturated heterocycles. The van der Waals surface area contributed by atoms with E-state index in [0.717, 1.165) is 16.7 Å². The van der Waals surface area contributed by atoms with E-state index in [1.54, 1.807) is 7.11 Å². The quantitative estimate of drug-likeness (QED) is 0.0871. The number of rotatable bonds is 11. The molecule has 11 nitrogen and oxygen atoms in total. The molecule has 4 atom stereocenters. The maximum absolute atomic E-state index is 16.7. The summed E-state index contributed by atoms with van der Waals surface area (Å²) >= 11 is 0. The number of imidazole rings is 1. The topological polar surface area (TPSA) is 130 Å². The van der Waals surface area contributed by atoms with Crippen LogP contribution in [-0.2, 0) is 24.2 Å². The number of H-pyrrole nitrogens is 1. The molecule has 1 fully saturated rings. The molecule has 3 aromatic carbocycles. The van der Waals surface area contributed by atoms with Crippen molar-refractivity contribution in [2.45, 2.75) is 76.0 Å². The van der Waals surface area contributed by atoms with Gasteiger partial charge in [-0.1, -0.05) is 93.6 Å². The Balaban J connectivity index is 1.46. The SMILES string of the molecule is COc1ccc(C(Nc2nc3c(ncn3[C@@H]3O[C@H](COC(C)=O)[C@@H](O[Si](C)(C)C(C)(C)C)[C@@H]3F)c(=O)[nH]2)(c2ccccc2)c2ccccc2)cc1. The van der Waals surface area contributed by atoms with Gasteiger partial charge in [0.1, 0.15) is 30.1 Å². The van der Waals surface area contributed by atoms with Crippen LogP contribution in [0.4, 0.5) is 10.3 Å². The Morgan fingerprint density at radius 3 is 2.12 bits per heavy atom. The minimum absolute atomic E-state index is 0.0103. The lowest BCUT2D eigenvalue weighted by Gasteiger charge is -2.39. The first-order chi connectivity index (χ1) is 24.2. The van der Waals surface area contributed by atoms with Crippen molar-refractivity contribution in [3.8, 4) is 5.75 Å². The Bertz CT molecular complexity index is 1990. The first-order valence-electron chi connectivity index (χ1n) is 16.9. The number of hydrogen-bond donors (Lipinski definition) is 2. The first kappa shape index (κ1) is 36.0. The number of hydrogen-bond acceptors (Lipinski definition) is 9. The molecule has 0 aliphatic carbocycles. The molecule has 0 saturated carbocycles. The fraction of sp³-hybridized carbons (Fsp3) is 0.368. The van der Waals surface area contributed by atoms with Gasteiger partial charge in [-0.15, -0.1) is 0 Å². The van der Waals surface area contributed by atoms with Gasteiger partial charge >= 0.3 is 5.97 Å². The predicted molar refractivity (Wildman–Crippen MR) is 195 cm³/mol. The van der Waals surface area contributed by atoms with E-state index in [0.29, 0.717) is 5.75 Å². The lowest BCUT2D eigenvalue weighted by Crippen LogP contribution is -2.49. The Hall–Kier alpha value is -4.85. The molecule has 268 valence electrons. The zero-order chi connectivity index (χ0) is 36.6. The van der Waals surface area contributed by atoms with E-state index in [2.05, 4.69) is 36.1 Å². The maximum Gasteiger partial charge on any atom is 0.302 e. The molecule has 3 heterocycles. The third-order valence-corrected chi connectivity index (χ3v) is 14.4. The molecule has 0 unspecified atom stereocenters. The molecule has 1 aliphatic rings. The summed E-state index contributed by atoms with van der Waals surface area (Å²) in [5.74, 6) is 0.292. The van der Waals surface area contributed by atoms with Crippen molar-refractivity contribution >= 4 is 31.4 Å². The number of anilines is 1. The molecular formula is C38H44FN5O6Si. The van der Waals surface area contributed by atoms with E-state index in [-0.39, 0.29) is 28.8 Å². The molecule has 0 radical (unpaired) electrons. The van der Waals surface area contributed by atoms with E-state index < -0.39 is 50.0 Å². The standard InChI is InChI=1S/C38H44FN5O6Si/c1-24(45)48-22-29-32(50-51(6,7)37(2,3)4)30(39)35(49-29)44-23-40-31-33(44)41-36(42-34(31)46)43-38(25-14-10-8-11-15-25,26-16-12-9-13-17-26)27-18-20-28(47-5)21-19-27/h8-21,23,29-30,32,35H,22H2,1-7H3,(H2,41,42,43,46)/t29-,30+,32-,35-/m1/s1. The minimum Gasteiger partial charge on any atom is -0.497 e. The molecule has 13 heteroatoms. The highest BCUT2D eigenvalue weighted by molar-refractivity contribution is 6.74. The highest BCUT2D eigenvalue weighted by Gasteiger charge is 2.52. The van der Waals surface area contributed by atoms with Crippen LogP contribution in [0.15, 0.2) is 96.1 Å². The summed E-state index contributed by atoms with van der Waals surface area (Å²) in [6, 6.07) is 27.3. The number of carbonyl (C=O) groups excluding carboxylic acids is 1. The Morgan fingerprint density at radius 2 is 1.57 bits per heavy atom. The smallest absolute Gasteiger partial charge is 0.302 e. The number of halogens is 1. The normalized spacial score (nSPS) is 19.6. The lowest BCUT2D eigenvalue weighted by atomic mass is 9.77. The molecule has 6 rings (SSSR count).